The lowest BCUT2D eigenvalue weighted by molar-refractivity contribution is -0.152. The Morgan fingerprint density at radius 3 is 2.00 bits per heavy atom. The number of aliphatic carboxylic acids is 2. The molecule has 0 saturated carbocycles. The largest absolute Gasteiger partial charge is 0.481 e. The third kappa shape index (κ3) is 3.63. The fraction of sp³-hybridized carbons (Fsp3) is 0.250. The number of esters is 2. The van der Waals surface area contributed by atoms with Gasteiger partial charge in [0.25, 0.3) is 0 Å². The van der Waals surface area contributed by atoms with E-state index >= 15 is 0 Å². The molecule has 2 aliphatic rings. The average molecular weight is 318 g/mol. The number of hydrogen-bond acceptors (Lipinski definition) is 5. The molecule has 0 spiro atoms. The smallest absolute Gasteiger partial charge is 0.346 e. The lowest BCUT2D eigenvalue weighted by Crippen LogP contribution is -2.30. The molecular formula is C16H14O7. The van der Waals surface area contributed by atoms with Crippen molar-refractivity contribution in [3.05, 3.63) is 47.5 Å². The minimum absolute atomic E-state index is 0.359. The van der Waals surface area contributed by atoms with Gasteiger partial charge in [0.1, 0.15) is 0 Å². The van der Waals surface area contributed by atoms with E-state index in [-0.39, 0.29) is 0 Å². The van der Waals surface area contributed by atoms with Crippen LogP contribution in [0, 0.1) is 11.8 Å². The number of carboxylic acids is 2. The molecule has 7 nitrogen and oxygen atoms in total. The number of cyclic esters (lactones) is 2. The summed E-state index contributed by atoms with van der Waals surface area (Å²) in [5, 5.41) is 17.3. The summed E-state index contributed by atoms with van der Waals surface area (Å²) in [7, 11) is 0. The second kappa shape index (κ2) is 6.87. The van der Waals surface area contributed by atoms with Crippen molar-refractivity contribution in [2.75, 3.05) is 0 Å². The van der Waals surface area contributed by atoms with Crippen LogP contribution in [0.15, 0.2) is 36.4 Å². The first-order valence-electron chi connectivity index (χ1n) is 6.89. The number of rotatable bonds is 2. The lowest BCUT2D eigenvalue weighted by atomic mass is 9.84. The Hall–Kier alpha value is -2.96. The van der Waals surface area contributed by atoms with Gasteiger partial charge in [-0.3, -0.25) is 9.59 Å². The topological polar surface area (TPSA) is 118 Å². The quantitative estimate of drug-likeness (QED) is 0.484. The molecule has 1 aliphatic heterocycles. The molecule has 0 bridgehead atoms. The molecule has 1 aromatic rings. The van der Waals surface area contributed by atoms with Crippen molar-refractivity contribution in [1.82, 2.24) is 0 Å². The number of fused-ring (bicyclic) bond motifs is 1. The Bertz CT molecular complexity index is 656. The molecule has 2 unspecified atom stereocenters. The Morgan fingerprint density at radius 2 is 1.57 bits per heavy atom. The molecule has 0 fully saturated rings. The average Bonchev–Trinajstić information content (AvgIpc) is 2.83. The minimum Gasteiger partial charge on any atom is -0.481 e. The summed E-state index contributed by atoms with van der Waals surface area (Å²) in [6.07, 6.45) is 4.26. The molecule has 0 radical (unpaired) electrons. The second-order valence-corrected chi connectivity index (χ2v) is 5.04. The molecular weight excluding hydrogens is 304 g/mol. The molecule has 1 aliphatic carbocycles. The lowest BCUT2D eigenvalue weighted by Gasteiger charge is -2.19. The highest BCUT2D eigenvalue weighted by Crippen LogP contribution is 2.25. The van der Waals surface area contributed by atoms with Crippen LogP contribution < -0.4 is 0 Å². The first-order chi connectivity index (χ1) is 10.9. The van der Waals surface area contributed by atoms with Gasteiger partial charge in [-0.15, -0.1) is 0 Å². The summed E-state index contributed by atoms with van der Waals surface area (Å²) in [6.45, 7) is 0. The van der Waals surface area contributed by atoms with Crippen molar-refractivity contribution >= 4 is 23.9 Å². The second-order valence-electron chi connectivity index (χ2n) is 5.04. The number of hydrogen-bond donors (Lipinski definition) is 2. The van der Waals surface area contributed by atoms with Crippen molar-refractivity contribution in [2.24, 2.45) is 11.8 Å². The molecule has 0 saturated heterocycles. The molecule has 0 amide bonds. The third-order valence-corrected chi connectivity index (χ3v) is 3.58. The highest BCUT2D eigenvalue weighted by molar-refractivity contribution is 6.14. The number of carboxylic acid groups (broad SMARTS) is 2. The van der Waals surface area contributed by atoms with E-state index in [1.807, 2.05) is 0 Å². The predicted octanol–water partition coefficient (Wildman–Crippen LogP) is 1.74. The summed E-state index contributed by atoms with van der Waals surface area (Å²) in [6, 6.07) is 6.53. The van der Waals surface area contributed by atoms with Gasteiger partial charge >= 0.3 is 23.9 Å². The molecule has 2 atom stereocenters. The molecule has 1 heterocycles. The van der Waals surface area contributed by atoms with E-state index in [0.29, 0.717) is 24.0 Å². The molecule has 120 valence electrons. The van der Waals surface area contributed by atoms with Crippen molar-refractivity contribution in [1.29, 1.82) is 0 Å². The molecule has 23 heavy (non-hydrogen) atoms. The zero-order chi connectivity index (χ0) is 17.0. The maximum atomic E-state index is 10.8. The summed E-state index contributed by atoms with van der Waals surface area (Å²) in [5.74, 6) is -4.79. The van der Waals surface area contributed by atoms with E-state index in [1.165, 1.54) is 6.08 Å². The zero-order valence-electron chi connectivity index (χ0n) is 12.0. The number of carbonyl (C=O) groups excluding carboxylic acids is 2. The zero-order valence-corrected chi connectivity index (χ0v) is 12.0. The van der Waals surface area contributed by atoms with E-state index < -0.39 is 35.7 Å². The minimum atomic E-state index is -1.06. The number of benzene rings is 1. The van der Waals surface area contributed by atoms with Crippen LogP contribution in [-0.4, -0.2) is 34.1 Å². The fourth-order valence-electron chi connectivity index (χ4n) is 2.40. The van der Waals surface area contributed by atoms with Crippen LogP contribution in [0.25, 0.3) is 0 Å². The summed E-state index contributed by atoms with van der Waals surface area (Å²) in [5.41, 5.74) is 0.718. The van der Waals surface area contributed by atoms with Crippen molar-refractivity contribution in [3.63, 3.8) is 0 Å². The van der Waals surface area contributed by atoms with Gasteiger partial charge < -0.3 is 14.9 Å². The number of carbonyl (C=O) groups is 4. The maximum Gasteiger partial charge on any atom is 0.346 e. The summed E-state index contributed by atoms with van der Waals surface area (Å²) >= 11 is 0. The van der Waals surface area contributed by atoms with Gasteiger partial charge in [0.15, 0.2) is 0 Å². The van der Waals surface area contributed by atoms with Crippen LogP contribution in [0.3, 0.4) is 0 Å². The molecule has 0 aromatic heterocycles. The maximum absolute atomic E-state index is 10.8. The normalized spacial score (nSPS) is 21.7. The number of ether oxygens (including phenoxy) is 1. The van der Waals surface area contributed by atoms with Crippen LogP contribution in [0.2, 0.25) is 0 Å². The van der Waals surface area contributed by atoms with Crippen LogP contribution in [0.1, 0.15) is 33.6 Å². The van der Waals surface area contributed by atoms with Crippen molar-refractivity contribution in [2.45, 2.75) is 12.8 Å². The summed E-state index contributed by atoms with van der Waals surface area (Å²) < 4.78 is 4.35. The van der Waals surface area contributed by atoms with Crippen molar-refractivity contribution < 1.29 is 34.1 Å². The van der Waals surface area contributed by atoms with Crippen molar-refractivity contribution in [3.8, 4) is 0 Å². The fourth-order valence-corrected chi connectivity index (χ4v) is 2.40. The Balaban J connectivity index is 0.000000167. The van der Waals surface area contributed by atoms with Gasteiger partial charge in [0.2, 0.25) is 0 Å². The first kappa shape index (κ1) is 16.4. The molecule has 7 heteroatoms. The standard InChI is InChI=1S/C8H10O4.C8H4O3/c9-7(10)5-3-1-2-4-6(5)8(11)12;9-7-5-3-1-2-4-6(5)8(10)11-7/h1,3,5-6H,2,4H2,(H,9,10)(H,11,12);1-4H. The summed E-state index contributed by atoms with van der Waals surface area (Å²) in [4.78, 5) is 42.8. The Kier molecular flexibility index (Phi) is 4.90. The van der Waals surface area contributed by atoms with Crippen LogP contribution >= 0.6 is 0 Å². The Morgan fingerprint density at radius 1 is 1.00 bits per heavy atom. The van der Waals surface area contributed by atoms with Gasteiger partial charge in [-0.25, -0.2) is 9.59 Å². The van der Waals surface area contributed by atoms with Gasteiger partial charge in [0, 0.05) is 0 Å². The SMILES string of the molecule is O=C(O)C1C=CCCC1C(=O)O.O=C1OC(=O)c2ccccc21. The van der Waals surface area contributed by atoms with Gasteiger partial charge in [-0.1, -0.05) is 24.3 Å². The van der Waals surface area contributed by atoms with Crippen LogP contribution in [0.4, 0.5) is 0 Å². The van der Waals surface area contributed by atoms with E-state index in [2.05, 4.69) is 4.74 Å². The molecule has 2 N–H and O–H groups in total. The highest BCUT2D eigenvalue weighted by Gasteiger charge is 2.32. The third-order valence-electron chi connectivity index (χ3n) is 3.58. The Labute approximate surface area is 131 Å². The first-order valence-corrected chi connectivity index (χ1v) is 6.89. The van der Waals surface area contributed by atoms with Gasteiger partial charge in [-0.05, 0) is 25.0 Å². The van der Waals surface area contributed by atoms with Gasteiger partial charge in [-0.2, -0.15) is 0 Å². The van der Waals surface area contributed by atoms with Crippen LogP contribution in [0.5, 0.6) is 0 Å². The van der Waals surface area contributed by atoms with E-state index in [0.717, 1.165) is 0 Å². The van der Waals surface area contributed by atoms with Gasteiger partial charge in [0.05, 0.1) is 23.0 Å². The predicted molar refractivity (Wildman–Crippen MR) is 76.8 cm³/mol. The highest BCUT2D eigenvalue weighted by atomic mass is 16.6. The molecule has 3 rings (SSSR count). The van der Waals surface area contributed by atoms with E-state index in [4.69, 9.17) is 10.2 Å². The van der Waals surface area contributed by atoms with Crippen LogP contribution in [-0.2, 0) is 14.3 Å². The van der Waals surface area contributed by atoms with E-state index in [9.17, 15) is 19.2 Å². The monoisotopic (exact) mass is 318 g/mol. The molecule has 1 aromatic carbocycles. The van der Waals surface area contributed by atoms with E-state index in [1.54, 1.807) is 30.3 Å². The number of allylic oxidation sites excluding steroid dienone is 1.